The SMILES string of the molecule is C/C=C/CCC(O)(CC)CC. The Bertz CT molecular complexity index is 112. The monoisotopic (exact) mass is 156 g/mol. The molecule has 0 aliphatic heterocycles. The average Bonchev–Trinajstić information content (AvgIpc) is 2.05. The first-order chi connectivity index (χ1) is 5.18. The molecule has 1 nitrogen and oxygen atoms in total. The number of hydrogen-bond donors (Lipinski definition) is 1. The highest BCUT2D eigenvalue weighted by Crippen LogP contribution is 2.20. The van der Waals surface area contributed by atoms with Crippen LogP contribution in [-0.4, -0.2) is 10.7 Å². The highest BCUT2D eigenvalue weighted by molar-refractivity contribution is 4.83. The second-order valence-electron chi connectivity index (χ2n) is 3.04. The maximum atomic E-state index is 9.82. The molecule has 0 atom stereocenters. The molecule has 66 valence electrons. The average molecular weight is 156 g/mol. The largest absolute Gasteiger partial charge is 0.390 e. The van der Waals surface area contributed by atoms with Gasteiger partial charge in [0.15, 0.2) is 0 Å². The number of rotatable bonds is 5. The van der Waals surface area contributed by atoms with Gasteiger partial charge in [-0.2, -0.15) is 0 Å². The van der Waals surface area contributed by atoms with Crippen molar-refractivity contribution in [3.05, 3.63) is 12.2 Å². The molecule has 11 heavy (non-hydrogen) atoms. The van der Waals surface area contributed by atoms with Crippen LogP contribution in [0.5, 0.6) is 0 Å². The summed E-state index contributed by atoms with van der Waals surface area (Å²) in [6, 6.07) is 0. The van der Waals surface area contributed by atoms with Crippen molar-refractivity contribution in [3.8, 4) is 0 Å². The van der Waals surface area contributed by atoms with Crippen LogP contribution in [0.1, 0.15) is 46.5 Å². The third kappa shape index (κ3) is 4.20. The van der Waals surface area contributed by atoms with Crippen molar-refractivity contribution in [2.24, 2.45) is 0 Å². The predicted octanol–water partition coefficient (Wildman–Crippen LogP) is 2.89. The quantitative estimate of drug-likeness (QED) is 0.607. The van der Waals surface area contributed by atoms with Crippen LogP contribution < -0.4 is 0 Å². The summed E-state index contributed by atoms with van der Waals surface area (Å²) in [6.45, 7) is 6.09. The third-order valence-corrected chi connectivity index (χ3v) is 2.33. The third-order valence-electron chi connectivity index (χ3n) is 2.33. The Balaban J connectivity index is 3.68. The molecular weight excluding hydrogens is 136 g/mol. The van der Waals surface area contributed by atoms with Gasteiger partial charge in [-0.1, -0.05) is 26.0 Å². The van der Waals surface area contributed by atoms with Crippen LogP contribution in [0.3, 0.4) is 0 Å². The van der Waals surface area contributed by atoms with E-state index in [9.17, 15) is 5.11 Å². The van der Waals surface area contributed by atoms with Crippen molar-refractivity contribution in [1.82, 2.24) is 0 Å². The van der Waals surface area contributed by atoms with Crippen LogP contribution >= 0.6 is 0 Å². The molecule has 0 aliphatic rings. The highest BCUT2D eigenvalue weighted by Gasteiger charge is 2.20. The summed E-state index contributed by atoms with van der Waals surface area (Å²) < 4.78 is 0. The van der Waals surface area contributed by atoms with Crippen LogP contribution in [-0.2, 0) is 0 Å². The standard InChI is InChI=1S/C10H20O/c1-4-7-8-9-10(11,5-2)6-3/h4,7,11H,5-6,8-9H2,1-3H3/b7-4+. The minimum atomic E-state index is -0.417. The Morgan fingerprint density at radius 3 is 2.18 bits per heavy atom. The van der Waals surface area contributed by atoms with E-state index in [2.05, 4.69) is 6.08 Å². The lowest BCUT2D eigenvalue weighted by atomic mass is 9.92. The van der Waals surface area contributed by atoms with Crippen molar-refractivity contribution in [3.63, 3.8) is 0 Å². The lowest BCUT2D eigenvalue weighted by Gasteiger charge is -2.24. The van der Waals surface area contributed by atoms with Crippen LogP contribution in [0.2, 0.25) is 0 Å². The molecule has 0 aromatic carbocycles. The molecule has 0 unspecified atom stereocenters. The van der Waals surface area contributed by atoms with E-state index in [0.29, 0.717) is 0 Å². The summed E-state index contributed by atoms with van der Waals surface area (Å²) in [7, 11) is 0. The molecular formula is C10H20O. The normalized spacial score (nSPS) is 12.7. The van der Waals surface area contributed by atoms with E-state index in [1.54, 1.807) is 0 Å². The number of allylic oxidation sites excluding steroid dienone is 2. The van der Waals surface area contributed by atoms with E-state index in [4.69, 9.17) is 0 Å². The zero-order valence-electron chi connectivity index (χ0n) is 7.93. The van der Waals surface area contributed by atoms with E-state index in [0.717, 1.165) is 25.7 Å². The van der Waals surface area contributed by atoms with Crippen molar-refractivity contribution < 1.29 is 5.11 Å². The second-order valence-corrected chi connectivity index (χ2v) is 3.04. The lowest BCUT2D eigenvalue weighted by Crippen LogP contribution is -2.25. The van der Waals surface area contributed by atoms with Gasteiger partial charge in [0.05, 0.1) is 5.60 Å². The van der Waals surface area contributed by atoms with E-state index in [-0.39, 0.29) is 0 Å². The zero-order valence-corrected chi connectivity index (χ0v) is 7.93. The molecule has 0 bridgehead atoms. The van der Waals surface area contributed by atoms with E-state index in [1.807, 2.05) is 26.8 Å². The first-order valence-corrected chi connectivity index (χ1v) is 4.52. The second kappa shape index (κ2) is 5.36. The van der Waals surface area contributed by atoms with E-state index < -0.39 is 5.60 Å². The Morgan fingerprint density at radius 1 is 1.27 bits per heavy atom. The first-order valence-electron chi connectivity index (χ1n) is 4.52. The van der Waals surface area contributed by atoms with Crippen molar-refractivity contribution in [1.29, 1.82) is 0 Å². The first kappa shape index (κ1) is 10.7. The van der Waals surface area contributed by atoms with Crippen molar-refractivity contribution in [2.75, 3.05) is 0 Å². The fraction of sp³-hybridized carbons (Fsp3) is 0.800. The smallest absolute Gasteiger partial charge is 0.0645 e. The molecule has 0 fully saturated rings. The van der Waals surface area contributed by atoms with Crippen LogP contribution in [0.15, 0.2) is 12.2 Å². The fourth-order valence-corrected chi connectivity index (χ4v) is 1.12. The highest BCUT2D eigenvalue weighted by atomic mass is 16.3. The fourth-order valence-electron chi connectivity index (χ4n) is 1.12. The van der Waals surface area contributed by atoms with Crippen molar-refractivity contribution >= 4 is 0 Å². The lowest BCUT2D eigenvalue weighted by molar-refractivity contribution is 0.0246. The molecule has 0 radical (unpaired) electrons. The Kier molecular flexibility index (Phi) is 5.22. The molecule has 0 aromatic rings. The molecule has 0 rings (SSSR count). The van der Waals surface area contributed by atoms with E-state index >= 15 is 0 Å². The Labute approximate surface area is 70.1 Å². The molecule has 1 N–H and O–H groups in total. The molecule has 0 amide bonds. The summed E-state index contributed by atoms with van der Waals surface area (Å²) >= 11 is 0. The van der Waals surface area contributed by atoms with Gasteiger partial charge in [0.2, 0.25) is 0 Å². The van der Waals surface area contributed by atoms with Gasteiger partial charge in [0.25, 0.3) is 0 Å². The summed E-state index contributed by atoms with van der Waals surface area (Å²) in [4.78, 5) is 0. The van der Waals surface area contributed by atoms with Gasteiger partial charge < -0.3 is 5.11 Å². The Hall–Kier alpha value is -0.300. The van der Waals surface area contributed by atoms with Gasteiger partial charge in [0, 0.05) is 0 Å². The predicted molar refractivity (Wildman–Crippen MR) is 49.6 cm³/mol. The van der Waals surface area contributed by atoms with Crippen LogP contribution in [0, 0.1) is 0 Å². The van der Waals surface area contributed by atoms with Gasteiger partial charge in [-0.3, -0.25) is 0 Å². The summed E-state index contributed by atoms with van der Waals surface area (Å²) in [5, 5.41) is 9.82. The van der Waals surface area contributed by atoms with Crippen LogP contribution in [0.4, 0.5) is 0 Å². The molecule has 0 saturated carbocycles. The summed E-state index contributed by atoms with van der Waals surface area (Å²) in [6.07, 6.45) is 7.75. The number of hydrogen-bond acceptors (Lipinski definition) is 1. The minimum absolute atomic E-state index is 0.417. The minimum Gasteiger partial charge on any atom is -0.390 e. The van der Waals surface area contributed by atoms with Gasteiger partial charge in [0.1, 0.15) is 0 Å². The van der Waals surface area contributed by atoms with Gasteiger partial charge in [-0.25, -0.2) is 0 Å². The summed E-state index contributed by atoms with van der Waals surface area (Å²) in [5.41, 5.74) is -0.417. The zero-order chi connectivity index (χ0) is 8.74. The van der Waals surface area contributed by atoms with E-state index in [1.165, 1.54) is 0 Å². The molecule has 0 heterocycles. The molecule has 0 saturated heterocycles. The molecule has 0 aliphatic carbocycles. The topological polar surface area (TPSA) is 20.2 Å². The number of aliphatic hydroxyl groups is 1. The molecule has 1 heteroatoms. The maximum absolute atomic E-state index is 9.82. The molecule has 0 spiro atoms. The Morgan fingerprint density at radius 2 is 1.82 bits per heavy atom. The van der Waals surface area contributed by atoms with Gasteiger partial charge in [-0.05, 0) is 32.6 Å². The molecule has 0 aromatic heterocycles. The summed E-state index contributed by atoms with van der Waals surface area (Å²) in [5.74, 6) is 0. The van der Waals surface area contributed by atoms with Crippen molar-refractivity contribution in [2.45, 2.75) is 52.1 Å². The van der Waals surface area contributed by atoms with Crippen LogP contribution in [0.25, 0.3) is 0 Å². The maximum Gasteiger partial charge on any atom is 0.0645 e. The van der Waals surface area contributed by atoms with Gasteiger partial charge >= 0.3 is 0 Å². The van der Waals surface area contributed by atoms with Gasteiger partial charge in [-0.15, -0.1) is 0 Å².